The van der Waals surface area contributed by atoms with Gasteiger partial charge in [0.05, 0.1) is 0 Å². The molecule has 4 heteroatoms. The van der Waals surface area contributed by atoms with Crippen LogP contribution in [0.5, 0.6) is 0 Å². The van der Waals surface area contributed by atoms with Crippen LogP contribution >= 0.6 is 12.4 Å². The molecule has 0 aliphatic carbocycles. The molecule has 0 bridgehead atoms. The molecule has 1 aromatic carbocycles. The summed E-state index contributed by atoms with van der Waals surface area (Å²) in [5.74, 6) is 0.0318. The third-order valence-electron chi connectivity index (χ3n) is 2.67. The summed E-state index contributed by atoms with van der Waals surface area (Å²) >= 11 is 0. The van der Waals surface area contributed by atoms with Crippen molar-refractivity contribution in [2.75, 3.05) is 13.1 Å². The maximum atomic E-state index is 11.8. The molecule has 2 rings (SSSR count). The van der Waals surface area contributed by atoms with Gasteiger partial charge < -0.3 is 10.6 Å². The Bertz CT molecular complexity index is 323. The van der Waals surface area contributed by atoms with Crippen molar-refractivity contribution in [3.63, 3.8) is 0 Å². The third-order valence-corrected chi connectivity index (χ3v) is 2.67. The number of carbonyl (C=O) groups excluding carboxylic acids is 1. The van der Waals surface area contributed by atoms with Gasteiger partial charge in [-0.25, -0.2) is 0 Å². The minimum Gasteiger partial charge on any atom is -0.348 e. The predicted octanol–water partition coefficient (Wildman–Crippen LogP) is 1.59. The second-order valence-electron chi connectivity index (χ2n) is 3.88. The summed E-state index contributed by atoms with van der Waals surface area (Å²) in [5.41, 5.74) is 0.739. The zero-order chi connectivity index (χ0) is 10.5. The normalized spacial score (nSPS) is 19.6. The lowest BCUT2D eigenvalue weighted by atomic mass is 10.1. The first-order valence-electron chi connectivity index (χ1n) is 5.43. The first kappa shape index (κ1) is 13.0. The number of carbonyl (C=O) groups is 1. The number of hydrogen-bond acceptors (Lipinski definition) is 2. The number of halogens is 1. The van der Waals surface area contributed by atoms with Crippen molar-refractivity contribution >= 4 is 18.3 Å². The molecule has 16 heavy (non-hydrogen) atoms. The van der Waals surface area contributed by atoms with Crippen molar-refractivity contribution in [2.24, 2.45) is 0 Å². The molecule has 1 aromatic rings. The van der Waals surface area contributed by atoms with E-state index in [-0.39, 0.29) is 24.4 Å². The number of hydrogen-bond donors (Lipinski definition) is 2. The van der Waals surface area contributed by atoms with Crippen LogP contribution in [-0.2, 0) is 0 Å². The molecular formula is C12H17ClN2O. The average molecular weight is 241 g/mol. The van der Waals surface area contributed by atoms with Crippen LogP contribution in [0.2, 0.25) is 0 Å². The number of piperidine rings is 1. The molecule has 0 spiro atoms. The predicted molar refractivity (Wildman–Crippen MR) is 67.0 cm³/mol. The van der Waals surface area contributed by atoms with Crippen molar-refractivity contribution in [2.45, 2.75) is 18.9 Å². The average Bonchev–Trinajstić information content (AvgIpc) is 2.31. The highest BCUT2D eigenvalue weighted by molar-refractivity contribution is 5.94. The SMILES string of the molecule is Cl.O=C(N[C@H]1CCCNC1)c1ccccc1. The molecule has 0 radical (unpaired) electrons. The van der Waals surface area contributed by atoms with Crippen molar-refractivity contribution < 1.29 is 4.79 Å². The largest absolute Gasteiger partial charge is 0.348 e. The second-order valence-corrected chi connectivity index (χ2v) is 3.88. The van der Waals surface area contributed by atoms with Gasteiger partial charge in [-0.2, -0.15) is 0 Å². The van der Waals surface area contributed by atoms with Crippen molar-refractivity contribution in [3.05, 3.63) is 35.9 Å². The minimum atomic E-state index is 0. The van der Waals surface area contributed by atoms with Crippen molar-refractivity contribution in [3.8, 4) is 0 Å². The molecule has 1 atom stereocenters. The Morgan fingerprint density at radius 1 is 1.31 bits per heavy atom. The van der Waals surface area contributed by atoms with Gasteiger partial charge in [-0.15, -0.1) is 12.4 Å². The number of nitrogens with one attached hydrogen (secondary N) is 2. The van der Waals surface area contributed by atoms with Crippen LogP contribution in [-0.4, -0.2) is 25.0 Å². The Morgan fingerprint density at radius 2 is 2.06 bits per heavy atom. The molecule has 1 heterocycles. The summed E-state index contributed by atoms with van der Waals surface area (Å²) in [6, 6.07) is 9.64. The zero-order valence-corrected chi connectivity index (χ0v) is 9.93. The van der Waals surface area contributed by atoms with E-state index in [0.29, 0.717) is 0 Å². The fourth-order valence-corrected chi connectivity index (χ4v) is 1.83. The first-order valence-corrected chi connectivity index (χ1v) is 5.43. The van der Waals surface area contributed by atoms with Crippen LogP contribution in [0.1, 0.15) is 23.2 Å². The summed E-state index contributed by atoms with van der Waals surface area (Å²) < 4.78 is 0. The lowest BCUT2D eigenvalue weighted by Crippen LogP contribution is -2.45. The molecule has 0 aromatic heterocycles. The number of rotatable bonds is 2. The van der Waals surface area contributed by atoms with Crippen molar-refractivity contribution in [1.82, 2.24) is 10.6 Å². The van der Waals surface area contributed by atoms with Crippen LogP contribution in [0.25, 0.3) is 0 Å². The van der Waals surface area contributed by atoms with Gasteiger partial charge in [-0.05, 0) is 31.5 Å². The second kappa shape index (κ2) is 6.51. The summed E-state index contributed by atoms with van der Waals surface area (Å²) in [6.45, 7) is 1.95. The number of benzene rings is 1. The molecule has 3 nitrogen and oxygen atoms in total. The topological polar surface area (TPSA) is 41.1 Å². The summed E-state index contributed by atoms with van der Waals surface area (Å²) in [6.07, 6.45) is 2.21. The van der Waals surface area contributed by atoms with Crippen LogP contribution in [0, 0.1) is 0 Å². The maximum Gasteiger partial charge on any atom is 0.251 e. The van der Waals surface area contributed by atoms with Gasteiger partial charge in [-0.3, -0.25) is 4.79 Å². The molecule has 88 valence electrons. The molecule has 1 amide bonds. The van der Waals surface area contributed by atoms with Gasteiger partial charge in [0.1, 0.15) is 0 Å². The molecule has 0 unspecified atom stereocenters. The highest BCUT2D eigenvalue weighted by atomic mass is 35.5. The Labute approximate surface area is 102 Å². The van der Waals surface area contributed by atoms with Gasteiger partial charge in [-0.1, -0.05) is 18.2 Å². The van der Waals surface area contributed by atoms with E-state index in [1.807, 2.05) is 30.3 Å². The summed E-state index contributed by atoms with van der Waals surface area (Å²) in [5, 5.41) is 6.31. The van der Waals surface area contributed by atoms with Gasteiger partial charge in [0.25, 0.3) is 5.91 Å². The van der Waals surface area contributed by atoms with E-state index in [1.165, 1.54) is 0 Å². The molecule has 1 saturated heterocycles. The van der Waals surface area contributed by atoms with E-state index in [2.05, 4.69) is 10.6 Å². The fourth-order valence-electron chi connectivity index (χ4n) is 1.83. The lowest BCUT2D eigenvalue weighted by molar-refractivity contribution is 0.0930. The van der Waals surface area contributed by atoms with Gasteiger partial charge >= 0.3 is 0 Å². The Kier molecular flexibility index (Phi) is 5.29. The molecule has 1 aliphatic heterocycles. The number of amides is 1. The lowest BCUT2D eigenvalue weighted by Gasteiger charge is -2.23. The van der Waals surface area contributed by atoms with Crippen LogP contribution in [0.15, 0.2) is 30.3 Å². The minimum absolute atomic E-state index is 0. The highest BCUT2D eigenvalue weighted by Gasteiger charge is 2.15. The van der Waals surface area contributed by atoms with Crippen LogP contribution in [0.3, 0.4) is 0 Å². The summed E-state index contributed by atoms with van der Waals surface area (Å²) in [7, 11) is 0. The molecule has 0 saturated carbocycles. The Hall–Kier alpha value is -1.06. The van der Waals surface area contributed by atoms with E-state index < -0.39 is 0 Å². The molecular weight excluding hydrogens is 224 g/mol. The van der Waals surface area contributed by atoms with Gasteiger partial charge in [0.2, 0.25) is 0 Å². The van der Waals surface area contributed by atoms with Gasteiger partial charge in [0, 0.05) is 18.2 Å². The quantitative estimate of drug-likeness (QED) is 0.825. The van der Waals surface area contributed by atoms with E-state index >= 15 is 0 Å². The first-order chi connectivity index (χ1) is 7.36. The molecule has 1 aliphatic rings. The zero-order valence-electron chi connectivity index (χ0n) is 9.11. The van der Waals surface area contributed by atoms with Crippen LogP contribution < -0.4 is 10.6 Å². The maximum absolute atomic E-state index is 11.8. The third kappa shape index (κ3) is 3.51. The van der Waals surface area contributed by atoms with Crippen molar-refractivity contribution in [1.29, 1.82) is 0 Å². The van der Waals surface area contributed by atoms with E-state index in [1.54, 1.807) is 0 Å². The van der Waals surface area contributed by atoms with E-state index in [4.69, 9.17) is 0 Å². The summed E-state index contributed by atoms with van der Waals surface area (Å²) in [4.78, 5) is 11.8. The fraction of sp³-hybridized carbons (Fsp3) is 0.417. The van der Waals surface area contributed by atoms with Gasteiger partial charge in [0.15, 0.2) is 0 Å². The van der Waals surface area contributed by atoms with E-state index in [0.717, 1.165) is 31.5 Å². The molecule has 1 fully saturated rings. The highest BCUT2D eigenvalue weighted by Crippen LogP contribution is 2.04. The van der Waals surface area contributed by atoms with Crippen LogP contribution in [0.4, 0.5) is 0 Å². The Morgan fingerprint density at radius 3 is 2.69 bits per heavy atom. The molecule has 2 N–H and O–H groups in total. The van der Waals surface area contributed by atoms with E-state index in [9.17, 15) is 4.79 Å². The monoisotopic (exact) mass is 240 g/mol. The smallest absolute Gasteiger partial charge is 0.251 e. The Balaban J connectivity index is 0.00000128. The standard InChI is InChI=1S/C12H16N2O.ClH/c15-12(10-5-2-1-3-6-10)14-11-7-4-8-13-9-11;/h1-3,5-6,11,13H,4,7-9H2,(H,14,15);1H/t11-;/m0./s1.